The first kappa shape index (κ1) is 16.5. The van der Waals surface area contributed by atoms with E-state index in [4.69, 9.17) is 0 Å². The SMILES string of the molecule is CCN(C)C(=O)C(C)NCc1cc(Br)c(O)c(Br)c1. The number of carbonyl (C=O) groups is 1. The number of aromatic hydroxyl groups is 1. The second kappa shape index (κ2) is 7.26. The minimum atomic E-state index is -0.240. The first-order valence-corrected chi connectivity index (χ1v) is 7.60. The van der Waals surface area contributed by atoms with E-state index in [-0.39, 0.29) is 17.7 Å². The molecule has 1 rings (SSSR count). The highest BCUT2D eigenvalue weighted by molar-refractivity contribution is 9.11. The van der Waals surface area contributed by atoms with Crippen LogP contribution in [0.25, 0.3) is 0 Å². The number of amides is 1. The number of hydrogen-bond donors (Lipinski definition) is 2. The fraction of sp³-hybridized carbons (Fsp3) is 0.462. The van der Waals surface area contributed by atoms with Gasteiger partial charge in [-0.3, -0.25) is 4.79 Å². The third-order valence-electron chi connectivity index (χ3n) is 2.91. The van der Waals surface area contributed by atoms with Crippen LogP contribution in [0.2, 0.25) is 0 Å². The zero-order valence-corrected chi connectivity index (χ0v) is 14.4. The van der Waals surface area contributed by atoms with E-state index in [0.717, 1.165) is 5.56 Å². The van der Waals surface area contributed by atoms with Gasteiger partial charge in [-0.1, -0.05) is 0 Å². The Hall–Kier alpha value is -0.590. The maximum Gasteiger partial charge on any atom is 0.239 e. The number of nitrogens with one attached hydrogen (secondary N) is 1. The number of rotatable bonds is 5. The molecular weight excluding hydrogens is 376 g/mol. The van der Waals surface area contributed by atoms with Gasteiger partial charge in [-0.05, 0) is 63.4 Å². The maximum atomic E-state index is 11.9. The standard InChI is InChI=1S/C13H18Br2N2O2/c1-4-17(3)13(19)8(2)16-7-9-5-10(14)12(18)11(15)6-9/h5-6,8,16,18H,4,7H2,1-3H3. The molecule has 1 amide bonds. The number of nitrogens with zero attached hydrogens (tertiary/aromatic N) is 1. The Kier molecular flexibility index (Phi) is 6.29. The van der Waals surface area contributed by atoms with Gasteiger partial charge in [0, 0.05) is 20.1 Å². The molecule has 0 fully saturated rings. The van der Waals surface area contributed by atoms with Crippen LogP contribution in [0.15, 0.2) is 21.1 Å². The van der Waals surface area contributed by atoms with Crippen molar-refractivity contribution in [1.29, 1.82) is 0 Å². The lowest BCUT2D eigenvalue weighted by Gasteiger charge is -2.20. The highest BCUT2D eigenvalue weighted by atomic mass is 79.9. The van der Waals surface area contributed by atoms with Crippen molar-refractivity contribution in [2.24, 2.45) is 0 Å². The molecule has 1 aromatic rings. The van der Waals surface area contributed by atoms with E-state index in [1.54, 1.807) is 11.9 Å². The van der Waals surface area contributed by atoms with Crippen LogP contribution in [0.1, 0.15) is 19.4 Å². The van der Waals surface area contributed by atoms with Crippen molar-refractivity contribution in [3.8, 4) is 5.75 Å². The second-order valence-electron chi connectivity index (χ2n) is 4.36. The van der Waals surface area contributed by atoms with Gasteiger partial charge in [-0.15, -0.1) is 0 Å². The van der Waals surface area contributed by atoms with Crippen LogP contribution in [0.4, 0.5) is 0 Å². The van der Waals surface area contributed by atoms with Gasteiger partial charge < -0.3 is 15.3 Å². The summed E-state index contributed by atoms with van der Waals surface area (Å²) in [6.07, 6.45) is 0. The van der Waals surface area contributed by atoms with Crippen LogP contribution in [-0.4, -0.2) is 35.5 Å². The first-order valence-electron chi connectivity index (χ1n) is 6.02. The molecule has 1 unspecified atom stereocenters. The summed E-state index contributed by atoms with van der Waals surface area (Å²) < 4.78 is 1.26. The summed E-state index contributed by atoms with van der Waals surface area (Å²) in [6.45, 7) is 5.04. The molecule has 0 bridgehead atoms. The predicted octanol–water partition coefficient (Wildman–Crippen LogP) is 2.87. The number of likely N-dealkylation sites (N-methyl/N-ethyl adjacent to an activating group) is 1. The zero-order valence-electron chi connectivity index (χ0n) is 11.2. The fourth-order valence-electron chi connectivity index (χ4n) is 1.56. The third kappa shape index (κ3) is 4.47. The highest BCUT2D eigenvalue weighted by Gasteiger charge is 2.15. The lowest BCUT2D eigenvalue weighted by molar-refractivity contribution is -0.131. The smallest absolute Gasteiger partial charge is 0.239 e. The Morgan fingerprint density at radius 3 is 2.42 bits per heavy atom. The minimum absolute atomic E-state index is 0.0689. The van der Waals surface area contributed by atoms with E-state index >= 15 is 0 Å². The van der Waals surface area contributed by atoms with Crippen LogP contribution in [0.3, 0.4) is 0 Å². The Labute approximate surface area is 130 Å². The molecular formula is C13H18Br2N2O2. The molecule has 0 heterocycles. The molecule has 0 aromatic heterocycles. The largest absolute Gasteiger partial charge is 0.506 e. The van der Waals surface area contributed by atoms with Crippen molar-refractivity contribution >= 4 is 37.8 Å². The molecule has 4 nitrogen and oxygen atoms in total. The number of carbonyl (C=O) groups excluding carboxylic acids is 1. The molecule has 0 saturated carbocycles. The molecule has 0 saturated heterocycles. The predicted molar refractivity (Wildman–Crippen MR) is 83.1 cm³/mol. The van der Waals surface area contributed by atoms with Crippen LogP contribution < -0.4 is 5.32 Å². The van der Waals surface area contributed by atoms with Gasteiger partial charge in [0.05, 0.1) is 15.0 Å². The second-order valence-corrected chi connectivity index (χ2v) is 6.07. The third-order valence-corrected chi connectivity index (χ3v) is 4.12. The Balaban J connectivity index is 2.65. The molecule has 0 radical (unpaired) electrons. The van der Waals surface area contributed by atoms with Gasteiger partial charge in [-0.25, -0.2) is 0 Å². The van der Waals surface area contributed by atoms with Crippen LogP contribution in [0.5, 0.6) is 5.75 Å². The van der Waals surface area contributed by atoms with Crippen molar-refractivity contribution in [3.05, 3.63) is 26.6 Å². The van der Waals surface area contributed by atoms with Crippen molar-refractivity contribution in [2.75, 3.05) is 13.6 Å². The molecule has 0 spiro atoms. The fourth-order valence-corrected chi connectivity index (χ4v) is 2.85. The van der Waals surface area contributed by atoms with Gasteiger partial charge in [0.2, 0.25) is 5.91 Å². The molecule has 0 aliphatic rings. The van der Waals surface area contributed by atoms with Crippen molar-refractivity contribution < 1.29 is 9.90 Å². The number of phenols is 1. The van der Waals surface area contributed by atoms with Crippen molar-refractivity contribution in [2.45, 2.75) is 26.4 Å². The zero-order chi connectivity index (χ0) is 14.6. The van der Waals surface area contributed by atoms with E-state index in [2.05, 4.69) is 37.2 Å². The average molecular weight is 394 g/mol. The van der Waals surface area contributed by atoms with Gasteiger partial charge in [0.15, 0.2) is 0 Å². The van der Waals surface area contributed by atoms with Gasteiger partial charge in [-0.2, -0.15) is 0 Å². The van der Waals surface area contributed by atoms with Gasteiger partial charge in [0.25, 0.3) is 0 Å². The number of phenolic OH excluding ortho intramolecular Hbond substituents is 1. The highest BCUT2D eigenvalue weighted by Crippen LogP contribution is 2.33. The van der Waals surface area contributed by atoms with E-state index in [0.29, 0.717) is 22.0 Å². The number of hydrogen-bond acceptors (Lipinski definition) is 3. The molecule has 0 aliphatic carbocycles. The monoisotopic (exact) mass is 392 g/mol. The molecule has 19 heavy (non-hydrogen) atoms. The topological polar surface area (TPSA) is 52.6 Å². The Bertz CT molecular complexity index is 443. The lowest BCUT2D eigenvalue weighted by atomic mass is 10.2. The summed E-state index contributed by atoms with van der Waals surface area (Å²) in [5.41, 5.74) is 0.982. The van der Waals surface area contributed by atoms with Crippen LogP contribution in [-0.2, 0) is 11.3 Å². The summed E-state index contributed by atoms with van der Waals surface area (Å²) in [7, 11) is 1.79. The van der Waals surface area contributed by atoms with E-state index < -0.39 is 0 Å². The molecule has 6 heteroatoms. The quantitative estimate of drug-likeness (QED) is 0.808. The summed E-state index contributed by atoms with van der Waals surface area (Å²) in [4.78, 5) is 13.6. The first-order chi connectivity index (χ1) is 8.86. The summed E-state index contributed by atoms with van der Waals surface area (Å²) in [6, 6.07) is 3.41. The molecule has 0 aliphatic heterocycles. The van der Waals surface area contributed by atoms with Crippen LogP contribution in [0, 0.1) is 0 Å². The average Bonchev–Trinajstić information content (AvgIpc) is 2.40. The van der Waals surface area contributed by atoms with Gasteiger partial charge >= 0.3 is 0 Å². The van der Waals surface area contributed by atoms with Gasteiger partial charge in [0.1, 0.15) is 5.75 Å². The Morgan fingerprint density at radius 2 is 1.95 bits per heavy atom. The van der Waals surface area contributed by atoms with Crippen molar-refractivity contribution in [3.63, 3.8) is 0 Å². The number of halogens is 2. The summed E-state index contributed by atoms with van der Waals surface area (Å²) in [5, 5.41) is 12.8. The summed E-state index contributed by atoms with van der Waals surface area (Å²) in [5.74, 6) is 0.248. The molecule has 1 aromatic carbocycles. The van der Waals surface area contributed by atoms with E-state index in [9.17, 15) is 9.90 Å². The molecule has 2 N–H and O–H groups in total. The van der Waals surface area contributed by atoms with E-state index in [1.807, 2.05) is 26.0 Å². The van der Waals surface area contributed by atoms with E-state index in [1.165, 1.54) is 0 Å². The maximum absolute atomic E-state index is 11.9. The lowest BCUT2D eigenvalue weighted by Crippen LogP contribution is -2.42. The Morgan fingerprint density at radius 1 is 1.42 bits per heavy atom. The molecule has 106 valence electrons. The number of benzene rings is 1. The van der Waals surface area contributed by atoms with Crippen molar-refractivity contribution in [1.82, 2.24) is 10.2 Å². The minimum Gasteiger partial charge on any atom is -0.506 e. The van der Waals surface area contributed by atoms with Crippen LogP contribution >= 0.6 is 31.9 Å². The normalized spacial score (nSPS) is 12.3. The summed E-state index contributed by atoms with van der Waals surface area (Å²) >= 11 is 6.57. The molecule has 1 atom stereocenters.